The highest BCUT2D eigenvalue weighted by atomic mass is 16.2. The minimum atomic E-state index is -0.0495. The van der Waals surface area contributed by atoms with Crippen LogP contribution in [0, 0.1) is 13.8 Å². The summed E-state index contributed by atoms with van der Waals surface area (Å²) in [5, 5.41) is 3.09. The molecule has 154 valence electrons. The molecule has 0 saturated carbocycles. The third-order valence-corrected chi connectivity index (χ3v) is 5.80. The highest BCUT2D eigenvalue weighted by Gasteiger charge is 2.25. The van der Waals surface area contributed by atoms with Gasteiger partial charge in [0.1, 0.15) is 0 Å². The molecule has 1 aromatic heterocycles. The van der Waals surface area contributed by atoms with Crippen LogP contribution < -0.4 is 5.32 Å². The number of hydrogen-bond acceptors (Lipinski definition) is 2. The van der Waals surface area contributed by atoms with Crippen LogP contribution in [0.3, 0.4) is 0 Å². The number of hydrogen-bond donors (Lipinski definition) is 1. The first-order valence-corrected chi connectivity index (χ1v) is 10.4. The van der Waals surface area contributed by atoms with E-state index in [1.807, 2.05) is 59.5 Å². The van der Waals surface area contributed by atoms with Crippen LogP contribution >= 0.6 is 0 Å². The summed E-state index contributed by atoms with van der Waals surface area (Å²) >= 11 is 0. The monoisotopic (exact) mass is 401 g/mol. The van der Waals surface area contributed by atoms with Crippen molar-refractivity contribution in [2.75, 3.05) is 13.1 Å². The van der Waals surface area contributed by atoms with Crippen LogP contribution in [0.4, 0.5) is 0 Å². The number of nitrogens with zero attached hydrogens (tertiary/aromatic N) is 2. The van der Waals surface area contributed by atoms with Gasteiger partial charge in [-0.3, -0.25) is 9.59 Å². The second kappa shape index (κ2) is 8.57. The van der Waals surface area contributed by atoms with E-state index in [-0.39, 0.29) is 17.9 Å². The molecule has 1 aliphatic rings. The van der Waals surface area contributed by atoms with Gasteiger partial charge < -0.3 is 14.8 Å². The van der Waals surface area contributed by atoms with E-state index >= 15 is 0 Å². The summed E-state index contributed by atoms with van der Waals surface area (Å²) in [4.78, 5) is 27.1. The zero-order valence-electron chi connectivity index (χ0n) is 17.5. The molecule has 0 aliphatic carbocycles. The number of nitrogens with one attached hydrogen (secondary N) is 1. The molecule has 1 fully saturated rings. The number of benzene rings is 2. The average Bonchev–Trinajstić information content (AvgIpc) is 3.12. The van der Waals surface area contributed by atoms with Gasteiger partial charge in [-0.15, -0.1) is 0 Å². The summed E-state index contributed by atoms with van der Waals surface area (Å²) < 4.78 is 2.18. The number of piperidine rings is 1. The molecule has 3 aromatic rings. The first-order chi connectivity index (χ1) is 14.5. The zero-order chi connectivity index (χ0) is 21.1. The Morgan fingerprint density at radius 3 is 2.00 bits per heavy atom. The average molecular weight is 402 g/mol. The Labute approximate surface area is 177 Å². The van der Waals surface area contributed by atoms with Gasteiger partial charge in [0.15, 0.2) is 0 Å². The van der Waals surface area contributed by atoms with Crippen molar-refractivity contribution in [3.8, 4) is 5.69 Å². The van der Waals surface area contributed by atoms with Crippen LogP contribution in [0.15, 0.2) is 66.7 Å². The van der Waals surface area contributed by atoms with Gasteiger partial charge in [-0.1, -0.05) is 18.2 Å². The Hall–Kier alpha value is -3.34. The predicted octanol–water partition coefficient (Wildman–Crippen LogP) is 4.13. The Kier molecular flexibility index (Phi) is 5.70. The molecule has 0 unspecified atom stereocenters. The van der Waals surface area contributed by atoms with Crippen molar-refractivity contribution in [1.82, 2.24) is 14.8 Å². The first-order valence-electron chi connectivity index (χ1n) is 10.4. The third kappa shape index (κ3) is 4.15. The van der Waals surface area contributed by atoms with Crippen molar-refractivity contribution >= 4 is 11.8 Å². The molecule has 5 nitrogen and oxygen atoms in total. The van der Waals surface area contributed by atoms with E-state index in [1.54, 1.807) is 0 Å². The number of likely N-dealkylation sites (tertiary alicyclic amines) is 1. The number of amides is 2. The van der Waals surface area contributed by atoms with Gasteiger partial charge in [-0.2, -0.15) is 0 Å². The van der Waals surface area contributed by atoms with Crippen molar-refractivity contribution in [2.24, 2.45) is 0 Å². The van der Waals surface area contributed by atoms with Crippen molar-refractivity contribution in [3.05, 3.63) is 89.2 Å². The van der Waals surface area contributed by atoms with E-state index in [0.29, 0.717) is 24.2 Å². The van der Waals surface area contributed by atoms with E-state index in [4.69, 9.17) is 0 Å². The Bertz CT molecular complexity index is 1010. The maximum Gasteiger partial charge on any atom is 0.253 e. The van der Waals surface area contributed by atoms with Crippen molar-refractivity contribution in [3.63, 3.8) is 0 Å². The normalized spacial score (nSPS) is 14.5. The number of aromatic nitrogens is 1. The molecule has 2 heterocycles. The van der Waals surface area contributed by atoms with Crippen molar-refractivity contribution in [2.45, 2.75) is 32.7 Å². The lowest BCUT2D eigenvalue weighted by Crippen LogP contribution is -2.46. The van der Waals surface area contributed by atoms with Crippen LogP contribution in [-0.4, -0.2) is 40.4 Å². The van der Waals surface area contributed by atoms with E-state index in [0.717, 1.165) is 18.5 Å². The molecule has 2 amide bonds. The number of carbonyl (C=O) groups excluding carboxylic acids is 2. The van der Waals surface area contributed by atoms with Gasteiger partial charge in [-0.05, 0) is 75.2 Å². The number of rotatable bonds is 4. The number of carbonyl (C=O) groups is 2. The molecule has 30 heavy (non-hydrogen) atoms. The molecule has 0 bridgehead atoms. The fourth-order valence-electron chi connectivity index (χ4n) is 4.10. The van der Waals surface area contributed by atoms with Crippen LogP contribution in [0.25, 0.3) is 5.69 Å². The van der Waals surface area contributed by atoms with E-state index < -0.39 is 0 Å². The maximum atomic E-state index is 12.9. The molecule has 0 radical (unpaired) electrons. The lowest BCUT2D eigenvalue weighted by Gasteiger charge is -2.32. The molecular weight excluding hydrogens is 374 g/mol. The van der Waals surface area contributed by atoms with E-state index in [1.165, 1.54) is 11.4 Å². The summed E-state index contributed by atoms with van der Waals surface area (Å²) in [6.07, 6.45) is 1.54. The largest absolute Gasteiger partial charge is 0.349 e. The second-order valence-electron chi connectivity index (χ2n) is 7.90. The Balaban J connectivity index is 1.35. The van der Waals surface area contributed by atoms with Gasteiger partial charge in [0.25, 0.3) is 11.8 Å². The fourth-order valence-corrected chi connectivity index (χ4v) is 4.10. The molecular formula is C25H27N3O2. The lowest BCUT2D eigenvalue weighted by molar-refractivity contribution is 0.0698. The molecule has 1 N–H and O–H groups in total. The lowest BCUT2D eigenvalue weighted by atomic mass is 10.0. The summed E-state index contributed by atoms with van der Waals surface area (Å²) in [6.45, 7) is 5.45. The van der Waals surface area contributed by atoms with Crippen LogP contribution in [0.5, 0.6) is 0 Å². The predicted molar refractivity (Wildman–Crippen MR) is 118 cm³/mol. The zero-order valence-corrected chi connectivity index (χ0v) is 17.5. The van der Waals surface area contributed by atoms with Crippen molar-refractivity contribution < 1.29 is 9.59 Å². The summed E-state index contributed by atoms with van der Waals surface area (Å²) in [6, 6.07) is 21.3. The van der Waals surface area contributed by atoms with Gasteiger partial charge in [0, 0.05) is 47.3 Å². The Morgan fingerprint density at radius 2 is 1.40 bits per heavy atom. The molecule has 1 saturated heterocycles. The fraction of sp³-hybridized carbons (Fsp3) is 0.280. The number of aryl methyl sites for hydroxylation is 2. The van der Waals surface area contributed by atoms with Crippen LogP contribution in [-0.2, 0) is 0 Å². The summed E-state index contributed by atoms with van der Waals surface area (Å²) in [5.74, 6) is 0.00176. The summed E-state index contributed by atoms with van der Waals surface area (Å²) in [7, 11) is 0. The summed E-state index contributed by atoms with van der Waals surface area (Å²) in [5.41, 5.74) is 4.78. The standard InChI is InChI=1S/C25H27N3O2/c1-18-8-9-19(2)28(18)23-12-10-21(11-13-23)25(30)27-16-14-22(15-17-27)26-24(29)20-6-4-3-5-7-20/h3-13,22H,14-17H2,1-2H3,(H,26,29). The maximum absolute atomic E-state index is 12.9. The second-order valence-corrected chi connectivity index (χ2v) is 7.90. The van der Waals surface area contributed by atoms with Gasteiger partial charge in [-0.25, -0.2) is 0 Å². The van der Waals surface area contributed by atoms with E-state index in [2.05, 4.69) is 35.9 Å². The quantitative estimate of drug-likeness (QED) is 0.715. The minimum Gasteiger partial charge on any atom is -0.349 e. The minimum absolute atomic E-state index is 0.0495. The van der Waals surface area contributed by atoms with Gasteiger partial charge >= 0.3 is 0 Å². The van der Waals surface area contributed by atoms with Crippen molar-refractivity contribution in [1.29, 1.82) is 0 Å². The van der Waals surface area contributed by atoms with Gasteiger partial charge in [0.05, 0.1) is 0 Å². The molecule has 0 spiro atoms. The van der Waals surface area contributed by atoms with Crippen LogP contribution in [0.2, 0.25) is 0 Å². The molecule has 5 heteroatoms. The SMILES string of the molecule is Cc1ccc(C)n1-c1ccc(C(=O)N2CCC(NC(=O)c3ccccc3)CC2)cc1. The topological polar surface area (TPSA) is 54.3 Å². The van der Waals surface area contributed by atoms with Gasteiger partial charge in [0.2, 0.25) is 0 Å². The molecule has 0 atom stereocenters. The molecule has 2 aromatic carbocycles. The van der Waals surface area contributed by atoms with Crippen LogP contribution in [0.1, 0.15) is 44.9 Å². The van der Waals surface area contributed by atoms with E-state index in [9.17, 15) is 9.59 Å². The molecule has 1 aliphatic heterocycles. The third-order valence-electron chi connectivity index (χ3n) is 5.80. The molecule has 4 rings (SSSR count). The highest BCUT2D eigenvalue weighted by molar-refractivity contribution is 5.95. The first kappa shape index (κ1) is 20.0. The Morgan fingerprint density at radius 1 is 0.800 bits per heavy atom. The smallest absolute Gasteiger partial charge is 0.253 e. The highest BCUT2D eigenvalue weighted by Crippen LogP contribution is 2.19.